The summed E-state index contributed by atoms with van der Waals surface area (Å²) in [6.07, 6.45) is -4.01. The number of nitro groups is 1. The normalized spacial score (nSPS) is 13.4. The first-order valence-corrected chi connectivity index (χ1v) is 8.24. The third-order valence-electron chi connectivity index (χ3n) is 3.28. The number of rotatable bonds is 7. The molecule has 0 aliphatic carbocycles. The quantitative estimate of drug-likeness (QED) is 0.365. The third-order valence-corrected chi connectivity index (χ3v) is 3.28. The van der Waals surface area contributed by atoms with Crippen LogP contribution in [0.2, 0.25) is 0 Å². The highest BCUT2D eigenvalue weighted by Crippen LogP contribution is 2.28. The first-order valence-electron chi connectivity index (χ1n) is 8.24. The van der Waals surface area contributed by atoms with Gasteiger partial charge in [-0.05, 0) is 39.8 Å². The van der Waals surface area contributed by atoms with Gasteiger partial charge in [0, 0.05) is 12.6 Å². The molecule has 0 aromatic heterocycles. The Morgan fingerprint density at radius 1 is 1.30 bits per heavy atom. The van der Waals surface area contributed by atoms with Crippen molar-refractivity contribution >= 4 is 17.7 Å². The molecule has 0 radical (unpaired) electrons. The van der Waals surface area contributed by atoms with Crippen molar-refractivity contribution in [3.05, 3.63) is 39.4 Å². The lowest BCUT2D eigenvalue weighted by Gasteiger charge is -2.22. The summed E-state index contributed by atoms with van der Waals surface area (Å²) in [4.78, 5) is 33.8. The lowest BCUT2D eigenvalue weighted by atomic mass is 10.0. The fourth-order valence-electron chi connectivity index (χ4n) is 2.11. The summed E-state index contributed by atoms with van der Waals surface area (Å²) >= 11 is 0. The Labute approximate surface area is 156 Å². The van der Waals surface area contributed by atoms with E-state index in [9.17, 15) is 29.9 Å². The zero-order chi connectivity index (χ0) is 20.8. The number of nitrogens with one attached hydrogen (secondary N) is 1. The van der Waals surface area contributed by atoms with Gasteiger partial charge in [0.25, 0.3) is 5.69 Å². The molecule has 0 spiro atoms. The molecule has 1 rings (SSSR count). The van der Waals surface area contributed by atoms with Crippen molar-refractivity contribution in [2.45, 2.75) is 45.5 Å². The van der Waals surface area contributed by atoms with Crippen molar-refractivity contribution in [1.82, 2.24) is 5.32 Å². The van der Waals surface area contributed by atoms with Crippen LogP contribution in [-0.4, -0.2) is 52.1 Å². The van der Waals surface area contributed by atoms with Gasteiger partial charge in [0.2, 0.25) is 0 Å². The smallest absolute Gasteiger partial charge is 0.407 e. The van der Waals surface area contributed by atoms with E-state index in [0.29, 0.717) is 0 Å². The SMILES string of the molecule is CCOC(=O)c1ccc(C(O)C(O)CNC(=O)OC(C)(C)C)c([N+](=O)[O-])c1. The van der Waals surface area contributed by atoms with Crippen LogP contribution >= 0.6 is 0 Å². The van der Waals surface area contributed by atoms with Crippen LogP contribution < -0.4 is 5.32 Å². The number of hydrogen-bond acceptors (Lipinski definition) is 8. The van der Waals surface area contributed by atoms with Gasteiger partial charge in [-0.3, -0.25) is 10.1 Å². The molecule has 10 nitrogen and oxygen atoms in total. The first-order chi connectivity index (χ1) is 12.5. The number of ether oxygens (including phenoxy) is 2. The molecule has 0 aliphatic heterocycles. The summed E-state index contributed by atoms with van der Waals surface area (Å²) in [6, 6.07) is 3.37. The second-order valence-electron chi connectivity index (χ2n) is 6.65. The van der Waals surface area contributed by atoms with Crippen molar-refractivity contribution in [2.24, 2.45) is 0 Å². The van der Waals surface area contributed by atoms with Crippen LogP contribution in [0.3, 0.4) is 0 Å². The number of aliphatic hydroxyl groups is 2. The fourth-order valence-corrected chi connectivity index (χ4v) is 2.11. The Morgan fingerprint density at radius 2 is 1.93 bits per heavy atom. The summed E-state index contributed by atoms with van der Waals surface area (Å²) in [6.45, 7) is 6.28. The number of hydrogen-bond donors (Lipinski definition) is 3. The molecule has 1 aromatic rings. The van der Waals surface area contributed by atoms with E-state index < -0.39 is 47.0 Å². The third kappa shape index (κ3) is 6.83. The topological polar surface area (TPSA) is 148 Å². The largest absolute Gasteiger partial charge is 0.462 e. The molecule has 0 fully saturated rings. The van der Waals surface area contributed by atoms with Crippen molar-refractivity contribution in [2.75, 3.05) is 13.2 Å². The van der Waals surface area contributed by atoms with E-state index in [-0.39, 0.29) is 17.7 Å². The number of aliphatic hydroxyl groups excluding tert-OH is 2. The van der Waals surface area contributed by atoms with Gasteiger partial charge in [-0.15, -0.1) is 0 Å². The Morgan fingerprint density at radius 3 is 2.44 bits per heavy atom. The van der Waals surface area contributed by atoms with Crippen LogP contribution in [0.1, 0.15) is 49.7 Å². The fraction of sp³-hybridized carbons (Fsp3) is 0.529. The molecule has 0 bridgehead atoms. The maximum atomic E-state index is 11.7. The number of esters is 1. The van der Waals surface area contributed by atoms with Gasteiger partial charge in [-0.2, -0.15) is 0 Å². The van der Waals surface area contributed by atoms with E-state index in [4.69, 9.17) is 9.47 Å². The van der Waals surface area contributed by atoms with E-state index in [2.05, 4.69) is 5.32 Å². The maximum Gasteiger partial charge on any atom is 0.407 e. The molecule has 0 aliphatic rings. The average Bonchev–Trinajstić information content (AvgIpc) is 2.57. The van der Waals surface area contributed by atoms with E-state index in [1.54, 1.807) is 27.7 Å². The number of benzene rings is 1. The molecule has 0 saturated carbocycles. The lowest BCUT2D eigenvalue weighted by Crippen LogP contribution is -2.39. The predicted octanol–water partition coefficient (Wildman–Crippen LogP) is 1.69. The second kappa shape index (κ2) is 9.28. The number of nitro benzene ring substituents is 1. The number of amides is 1. The van der Waals surface area contributed by atoms with Crippen LogP contribution in [0.5, 0.6) is 0 Å². The van der Waals surface area contributed by atoms with E-state index >= 15 is 0 Å². The molecule has 1 amide bonds. The predicted molar refractivity (Wildman–Crippen MR) is 94.3 cm³/mol. The van der Waals surface area contributed by atoms with Gasteiger partial charge in [0.1, 0.15) is 17.8 Å². The Kier molecular flexibility index (Phi) is 7.68. The Hall–Kier alpha value is -2.72. The monoisotopic (exact) mass is 384 g/mol. The zero-order valence-electron chi connectivity index (χ0n) is 15.6. The van der Waals surface area contributed by atoms with Crippen LogP contribution in [0.4, 0.5) is 10.5 Å². The maximum absolute atomic E-state index is 11.7. The summed E-state index contributed by atoms with van der Waals surface area (Å²) in [7, 11) is 0. The van der Waals surface area contributed by atoms with Gasteiger partial charge < -0.3 is 25.0 Å². The molecule has 0 saturated heterocycles. The molecule has 3 N–H and O–H groups in total. The molecular formula is C17H24N2O8. The van der Waals surface area contributed by atoms with Gasteiger partial charge >= 0.3 is 12.1 Å². The molecular weight excluding hydrogens is 360 g/mol. The summed E-state index contributed by atoms with van der Waals surface area (Å²) < 4.78 is 9.78. The Balaban J connectivity index is 2.91. The van der Waals surface area contributed by atoms with E-state index in [1.165, 1.54) is 6.07 Å². The number of carbonyl (C=O) groups is 2. The minimum atomic E-state index is -1.67. The van der Waals surface area contributed by atoms with Crippen LogP contribution in [0.25, 0.3) is 0 Å². The standard InChI is InChI=1S/C17H24N2O8/c1-5-26-15(22)10-6-7-11(12(8-10)19(24)25)14(21)13(20)9-18-16(23)27-17(2,3)4/h6-8,13-14,20-21H,5,9H2,1-4H3,(H,18,23). The minimum absolute atomic E-state index is 0.0548. The molecule has 0 heterocycles. The van der Waals surface area contributed by atoms with Crippen LogP contribution in [0.15, 0.2) is 18.2 Å². The van der Waals surface area contributed by atoms with Crippen LogP contribution in [0, 0.1) is 10.1 Å². The molecule has 1 aromatic carbocycles. The Bertz CT molecular complexity index is 699. The molecule has 2 unspecified atom stereocenters. The van der Waals surface area contributed by atoms with Crippen molar-refractivity contribution < 1.29 is 34.2 Å². The first kappa shape index (κ1) is 22.3. The van der Waals surface area contributed by atoms with Gasteiger partial charge in [0.15, 0.2) is 0 Å². The number of nitrogens with zero attached hydrogens (tertiary/aromatic N) is 1. The summed E-state index contributed by atoms with van der Waals surface area (Å²) in [5.74, 6) is -0.742. The highest BCUT2D eigenvalue weighted by Gasteiger charge is 2.28. The summed E-state index contributed by atoms with van der Waals surface area (Å²) in [5, 5.41) is 33.8. The second-order valence-corrected chi connectivity index (χ2v) is 6.65. The lowest BCUT2D eigenvalue weighted by molar-refractivity contribution is -0.386. The molecule has 10 heteroatoms. The van der Waals surface area contributed by atoms with E-state index in [1.807, 2.05) is 0 Å². The highest BCUT2D eigenvalue weighted by atomic mass is 16.6. The van der Waals surface area contributed by atoms with Gasteiger partial charge in [-0.25, -0.2) is 9.59 Å². The zero-order valence-corrected chi connectivity index (χ0v) is 15.6. The number of alkyl carbamates (subject to hydrolysis) is 1. The van der Waals surface area contributed by atoms with Crippen LogP contribution in [-0.2, 0) is 9.47 Å². The highest BCUT2D eigenvalue weighted by molar-refractivity contribution is 5.90. The van der Waals surface area contributed by atoms with Gasteiger partial charge in [-0.1, -0.05) is 0 Å². The molecule has 150 valence electrons. The van der Waals surface area contributed by atoms with Gasteiger partial charge in [0.05, 0.1) is 22.7 Å². The minimum Gasteiger partial charge on any atom is -0.462 e. The molecule has 27 heavy (non-hydrogen) atoms. The van der Waals surface area contributed by atoms with E-state index in [0.717, 1.165) is 12.1 Å². The van der Waals surface area contributed by atoms with Crippen molar-refractivity contribution in [3.63, 3.8) is 0 Å². The summed E-state index contributed by atoms with van der Waals surface area (Å²) in [5.41, 5.74) is -1.55. The average molecular weight is 384 g/mol. The molecule has 2 atom stereocenters. The van der Waals surface area contributed by atoms with Crippen molar-refractivity contribution in [1.29, 1.82) is 0 Å². The van der Waals surface area contributed by atoms with Crippen molar-refractivity contribution in [3.8, 4) is 0 Å². The number of carbonyl (C=O) groups excluding carboxylic acids is 2.